The maximum atomic E-state index is 11.1. The molecule has 2 rings (SSSR count). The molecule has 0 aliphatic heterocycles. The van der Waals surface area contributed by atoms with E-state index in [1.165, 1.54) is 11.6 Å². The molecule has 1 atom stereocenters. The molecule has 0 aromatic heterocycles. The number of primary amides is 1. The summed E-state index contributed by atoms with van der Waals surface area (Å²) in [6.45, 7) is 5.23. The predicted octanol–water partition coefficient (Wildman–Crippen LogP) is 4.05. The summed E-state index contributed by atoms with van der Waals surface area (Å²) in [4.78, 5) is 11.1. The minimum Gasteiger partial charge on any atom is -0.490 e. The Morgan fingerprint density at radius 3 is 2.04 bits per heavy atom. The van der Waals surface area contributed by atoms with E-state index < -0.39 is 5.91 Å². The van der Waals surface area contributed by atoms with Crippen molar-refractivity contribution in [2.75, 3.05) is 13.2 Å². The lowest BCUT2D eigenvalue weighted by Crippen LogP contribution is -2.12. The van der Waals surface area contributed by atoms with Crippen LogP contribution in [0.2, 0.25) is 0 Å². The van der Waals surface area contributed by atoms with E-state index in [1.807, 2.05) is 12.1 Å². The van der Waals surface area contributed by atoms with Gasteiger partial charge < -0.3 is 15.2 Å². The van der Waals surface area contributed by atoms with Crippen LogP contribution in [0.25, 0.3) is 6.08 Å². The van der Waals surface area contributed by atoms with Gasteiger partial charge in [-0.3, -0.25) is 4.79 Å². The number of amides is 1. The highest BCUT2D eigenvalue weighted by molar-refractivity contribution is 6.00. The number of hydrogen-bond donors (Lipinski definition) is 1. The summed E-state index contributed by atoms with van der Waals surface area (Å²) < 4.78 is 11.3. The number of benzene rings is 2. The van der Waals surface area contributed by atoms with Gasteiger partial charge in [0.1, 0.15) is 36.4 Å². The Balaban J connectivity index is 1.80. The zero-order valence-electron chi connectivity index (χ0n) is 15.6. The van der Waals surface area contributed by atoms with Crippen LogP contribution < -0.4 is 15.2 Å². The lowest BCUT2D eigenvalue weighted by Gasteiger charge is -2.11. The van der Waals surface area contributed by atoms with Gasteiger partial charge in [-0.25, -0.2) is 0 Å². The Labute approximate surface area is 160 Å². The fourth-order valence-electron chi connectivity index (χ4n) is 2.43. The van der Waals surface area contributed by atoms with Crippen LogP contribution in [-0.2, 0) is 4.79 Å². The summed E-state index contributed by atoms with van der Waals surface area (Å²) in [6.07, 6.45) is 2.56. The smallest absolute Gasteiger partial charge is 0.259 e. The van der Waals surface area contributed by atoms with E-state index in [-0.39, 0.29) is 5.57 Å². The molecule has 0 spiro atoms. The molecule has 5 heteroatoms. The molecule has 0 aliphatic carbocycles. The SMILES string of the molecule is CC[C@H](C)c1ccc(OCCOc2ccc(/C=C(/C#N)C(N)=O)cc2)cc1. The van der Waals surface area contributed by atoms with Gasteiger partial charge in [0.15, 0.2) is 0 Å². The first-order chi connectivity index (χ1) is 13.0. The Bertz CT molecular complexity index is 818. The molecule has 0 unspecified atom stereocenters. The van der Waals surface area contributed by atoms with Gasteiger partial charge in [-0.1, -0.05) is 38.1 Å². The second-order valence-electron chi connectivity index (χ2n) is 6.18. The molecule has 5 nitrogen and oxygen atoms in total. The second kappa shape index (κ2) is 10.0. The fourth-order valence-corrected chi connectivity index (χ4v) is 2.43. The van der Waals surface area contributed by atoms with Crippen molar-refractivity contribution in [1.29, 1.82) is 5.26 Å². The van der Waals surface area contributed by atoms with Gasteiger partial charge in [0.05, 0.1) is 0 Å². The monoisotopic (exact) mass is 364 g/mol. The highest BCUT2D eigenvalue weighted by atomic mass is 16.5. The van der Waals surface area contributed by atoms with Crippen LogP contribution >= 0.6 is 0 Å². The zero-order chi connectivity index (χ0) is 19.6. The van der Waals surface area contributed by atoms with Crippen molar-refractivity contribution in [1.82, 2.24) is 0 Å². The molecule has 140 valence electrons. The predicted molar refractivity (Wildman–Crippen MR) is 105 cm³/mol. The van der Waals surface area contributed by atoms with Gasteiger partial charge in [0, 0.05) is 0 Å². The molecule has 0 aliphatic rings. The van der Waals surface area contributed by atoms with Crippen molar-refractivity contribution in [2.45, 2.75) is 26.2 Å². The third-order valence-electron chi connectivity index (χ3n) is 4.26. The van der Waals surface area contributed by atoms with Gasteiger partial charge in [-0.15, -0.1) is 0 Å². The van der Waals surface area contributed by atoms with Gasteiger partial charge in [0.2, 0.25) is 0 Å². The molecule has 0 saturated heterocycles. The van der Waals surface area contributed by atoms with Crippen LogP contribution in [-0.4, -0.2) is 19.1 Å². The number of carbonyl (C=O) groups excluding carboxylic acids is 1. The average Bonchev–Trinajstić information content (AvgIpc) is 2.70. The van der Waals surface area contributed by atoms with E-state index in [9.17, 15) is 4.79 Å². The van der Waals surface area contributed by atoms with Crippen LogP contribution in [0.5, 0.6) is 11.5 Å². The van der Waals surface area contributed by atoms with Crippen molar-refractivity contribution in [3.05, 3.63) is 65.2 Å². The molecular weight excluding hydrogens is 340 g/mol. The minimum atomic E-state index is -0.743. The van der Waals surface area contributed by atoms with Crippen molar-refractivity contribution in [2.24, 2.45) is 5.73 Å². The lowest BCUT2D eigenvalue weighted by molar-refractivity contribution is -0.114. The van der Waals surface area contributed by atoms with E-state index in [0.717, 1.165) is 12.2 Å². The highest BCUT2D eigenvalue weighted by Gasteiger charge is 2.04. The van der Waals surface area contributed by atoms with Crippen LogP contribution in [0, 0.1) is 11.3 Å². The summed E-state index contributed by atoms with van der Waals surface area (Å²) in [5.41, 5.74) is 7.04. The van der Waals surface area contributed by atoms with Crippen LogP contribution in [0.15, 0.2) is 54.1 Å². The molecule has 0 radical (unpaired) electrons. The summed E-state index contributed by atoms with van der Waals surface area (Å²) in [6, 6.07) is 17.0. The molecule has 2 N–H and O–H groups in total. The quantitative estimate of drug-likeness (QED) is 0.413. The van der Waals surface area contributed by atoms with Crippen molar-refractivity contribution in [3.63, 3.8) is 0 Å². The summed E-state index contributed by atoms with van der Waals surface area (Å²) in [5.74, 6) is 1.31. The zero-order valence-corrected chi connectivity index (χ0v) is 15.6. The van der Waals surface area contributed by atoms with Gasteiger partial charge >= 0.3 is 0 Å². The summed E-state index contributed by atoms with van der Waals surface area (Å²) >= 11 is 0. The van der Waals surface area contributed by atoms with Gasteiger partial charge in [-0.05, 0) is 53.8 Å². The molecule has 0 saturated carbocycles. The lowest BCUT2D eigenvalue weighted by atomic mass is 9.99. The number of nitriles is 1. The van der Waals surface area contributed by atoms with E-state index in [2.05, 4.69) is 26.0 Å². The molecule has 27 heavy (non-hydrogen) atoms. The molecule has 2 aromatic rings. The Kier molecular flexibility index (Phi) is 7.45. The second-order valence-corrected chi connectivity index (χ2v) is 6.18. The van der Waals surface area contributed by atoms with E-state index >= 15 is 0 Å². The molecule has 0 heterocycles. The van der Waals surface area contributed by atoms with Crippen LogP contribution in [0.4, 0.5) is 0 Å². The fraction of sp³-hybridized carbons (Fsp3) is 0.273. The van der Waals surface area contributed by atoms with Gasteiger partial charge in [-0.2, -0.15) is 5.26 Å². The van der Waals surface area contributed by atoms with Crippen molar-refractivity contribution < 1.29 is 14.3 Å². The molecule has 1 amide bonds. The minimum absolute atomic E-state index is 0.0867. The first kappa shape index (κ1) is 20.1. The number of ether oxygens (including phenoxy) is 2. The third-order valence-corrected chi connectivity index (χ3v) is 4.26. The Hall–Kier alpha value is -3.26. The third kappa shape index (κ3) is 6.19. The first-order valence-electron chi connectivity index (χ1n) is 8.90. The summed E-state index contributed by atoms with van der Waals surface area (Å²) in [7, 11) is 0. The van der Waals surface area contributed by atoms with Gasteiger partial charge in [0.25, 0.3) is 5.91 Å². The molecule has 2 aromatic carbocycles. The average molecular weight is 364 g/mol. The summed E-state index contributed by atoms with van der Waals surface area (Å²) in [5, 5.41) is 8.85. The largest absolute Gasteiger partial charge is 0.490 e. The molecule has 0 bridgehead atoms. The Morgan fingerprint density at radius 2 is 1.59 bits per heavy atom. The number of nitrogens with two attached hydrogens (primary N) is 1. The number of nitrogens with zero attached hydrogens (tertiary/aromatic N) is 1. The number of rotatable bonds is 9. The van der Waals surface area contributed by atoms with E-state index in [4.69, 9.17) is 20.5 Å². The highest BCUT2D eigenvalue weighted by Crippen LogP contribution is 2.21. The van der Waals surface area contributed by atoms with Crippen LogP contribution in [0.3, 0.4) is 0 Å². The number of carbonyl (C=O) groups is 1. The topological polar surface area (TPSA) is 85.3 Å². The van der Waals surface area contributed by atoms with Crippen LogP contribution in [0.1, 0.15) is 37.3 Å². The normalized spacial score (nSPS) is 12.1. The maximum Gasteiger partial charge on any atom is 0.259 e. The first-order valence-corrected chi connectivity index (χ1v) is 8.90. The molecular formula is C22H24N2O3. The Morgan fingerprint density at radius 1 is 1.07 bits per heavy atom. The number of hydrogen-bond acceptors (Lipinski definition) is 4. The van der Waals surface area contributed by atoms with E-state index in [1.54, 1.807) is 30.3 Å². The van der Waals surface area contributed by atoms with Crippen molar-refractivity contribution >= 4 is 12.0 Å². The van der Waals surface area contributed by atoms with E-state index in [0.29, 0.717) is 30.4 Å². The maximum absolute atomic E-state index is 11.1. The molecule has 0 fully saturated rings. The standard InChI is InChI=1S/C22H24N2O3/c1-3-16(2)18-6-10-21(11-7-18)27-13-12-26-20-8-4-17(5-9-20)14-19(15-23)22(24)25/h4-11,14,16H,3,12-13H2,1-2H3,(H2,24,25)/b19-14-/t16-/m0/s1. The van der Waals surface area contributed by atoms with Crippen molar-refractivity contribution in [3.8, 4) is 17.6 Å².